The molecule has 0 aromatic rings. The van der Waals surface area contributed by atoms with Gasteiger partial charge in [0.25, 0.3) is 0 Å². The minimum absolute atomic E-state index is 0.111. The van der Waals surface area contributed by atoms with Crippen LogP contribution >= 0.6 is 0 Å². The molecule has 2 unspecified atom stereocenters. The summed E-state index contributed by atoms with van der Waals surface area (Å²) in [5.41, 5.74) is 5.84. The SMILES string of the molecule is CC1CCN(S(=O)(=O)CCCC(=O)O)CC1N. The van der Waals surface area contributed by atoms with Gasteiger partial charge in [0.05, 0.1) is 5.75 Å². The number of carbonyl (C=O) groups is 1. The van der Waals surface area contributed by atoms with Crippen LogP contribution in [0.25, 0.3) is 0 Å². The van der Waals surface area contributed by atoms with Gasteiger partial charge in [-0.3, -0.25) is 4.79 Å². The summed E-state index contributed by atoms with van der Waals surface area (Å²) in [6, 6.07) is -0.127. The van der Waals surface area contributed by atoms with E-state index in [-0.39, 0.29) is 24.6 Å². The number of hydrogen-bond donors (Lipinski definition) is 2. The average molecular weight is 264 g/mol. The Morgan fingerprint density at radius 1 is 1.53 bits per heavy atom. The van der Waals surface area contributed by atoms with Crippen LogP contribution in [0.5, 0.6) is 0 Å². The Hall–Kier alpha value is -0.660. The summed E-state index contributed by atoms with van der Waals surface area (Å²) in [7, 11) is -3.35. The van der Waals surface area contributed by atoms with Crippen LogP contribution in [0.2, 0.25) is 0 Å². The monoisotopic (exact) mass is 264 g/mol. The lowest BCUT2D eigenvalue weighted by atomic mass is 9.96. The van der Waals surface area contributed by atoms with Crippen LogP contribution in [0, 0.1) is 5.92 Å². The molecule has 0 aliphatic carbocycles. The third-order valence-corrected chi connectivity index (χ3v) is 5.09. The van der Waals surface area contributed by atoms with Gasteiger partial charge in [0.15, 0.2) is 0 Å². The third-order valence-electron chi connectivity index (χ3n) is 3.17. The molecule has 0 saturated carbocycles. The molecule has 0 radical (unpaired) electrons. The van der Waals surface area contributed by atoms with Gasteiger partial charge in [0.1, 0.15) is 0 Å². The van der Waals surface area contributed by atoms with Crippen molar-refractivity contribution in [3.8, 4) is 0 Å². The molecule has 0 amide bonds. The summed E-state index contributed by atoms with van der Waals surface area (Å²) in [6.07, 6.45) is 0.799. The molecule has 6 nitrogen and oxygen atoms in total. The van der Waals surface area contributed by atoms with Gasteiger partial charge >= 0.3 is 5.97 Å². The van der Waals surface area contributed by atoms with Crippen molar-refractivity contribution in [2.24, 2.45) is 11.7 Å². The normalized spacial score (nSPS) is 26.9. The minimum Gasteiger partial charge on any atom is -0.481 e. The van der Waals surface area contributed by atoms with Crippen LogP contribution in [0.4, 0.5) is 0 Å². The zero-order chi connectivity index (χ0) is 13.1. The lowest BCUT2D eigenvalue weighted by Crippen LogP contribution is -2.50. The first-order chi connectivity index (χ1) is 7.83. The summed E-state index contributed by atoms with van der Waals surface area (Å²) < 4.78 is 25.2. The highest BCUT2D eigenvalue weighted by Gasteiger charge is 2.30. The van der Waals surface area contributed by atoms with Gasteiger partial charge in [-0.2, -0.15) is 0 Å². The number of carboxylic acid groups (broad SMARTS) is 1. The Morgan fingerprint density at radius 2 is 2.18 bits per heavy atom. The Balaban J connectivity index is 2.50. The van der Waals surface area contributed by atoms with E-state index in [1.165, 1.54) is 4.31 Å². The molecule has 100 valence electrons. The van der Waals surface area contributed by atoms with Crippen LogP contribution in [0.1, 0.15) is 26.2 Å². The van der Waals surface area contributed by atoms with E-state index in [9.17, 15) is 13.2 Å². The van der Waals surface area contributed by atoms with Gasteiger partial charge in [0, 0.05) is 25.6 Å². The third kappa shape index (κ3) is 4.25. The number of nitrogens with zero attached hydrogens (tertiary/aromatic N) is 1. The number of hydrogen-bond acceptors (Lipinski definition) is 4. The summed E-state index contributed by atoms with van der Waals surface area (Å²) >= 11 is 0. The lowest BCUT2D eigenvalue weighted by molar-refractivity contribution is -0.137. The van der Waals surface area contributed by atoms with Crippen LogP contribution in [-0.2, 0) is 14.8 Å². The molecule has 0 bridgehead atoms. The average Bonchev–Trinajstić information content (AvgIpc) is 2.21. The number of piperidine rings is 1. The predicted octanol–water partition coefficient (Wildman–Crippen LogP) is -0.150. The van der Waals surface area contributed by atoms with E-state index in [2.05, 4.69) is 0 Å². The fourth-order valence-electron chi connectivity index (χ4n) is 1.86. The fraction of sp³-hybridized carbons (Fsp3) is 0.900. The molecule has 0 spiro atoms. The molecule has 1 fully saturated rings. The Kier molecular flexibility index (Phi) is 4.91. The molecule has 3 N–H and O–H groups in total. The number of nitrogens with two attached hydrogens (primary N) is 1. The van der Waals surface area contributed by atoms with E-state index in [1.807, 2.05) is 6.92 Å². The highest BCUT2D eigenvalue weighted by molar-refractivity contribution is 7.89. The number of sulfonamides is 1. The van der Waals surface area contributed by atoms with Crippen molar-refractivity contribution in [1.82, 2.24) is 4.31 Å². The largest absolute Gasteiger partial charge is 0.481 e. The molecule has 1 aliphatic rings. The maximum absolute atomic E-state index is 11.9. The molecule has 1 aliphatic heterocycles. The summed E-state index contributed by atoms with van der Waals surface area (Å²) in [5, 5.41) is 8.47. The lowest BCUT2D eigenvalue weighted by Gasteiger charge is -2.34. The van der Waals surface area contributed by atoms with Gasteiger partial charge in [-0.25, -0.2) is 12.7 Å². The quantitative estimate of drug-likeness (QED) is 0.719. The molecule has 0 aromatic carbocycles. The molecule has 0 aromatic heterocycles. The Morgan fingerprint density at radius 3 is 2.71 bits per heavy atom. The molecule has 1 heterocycles. The number of rotatable bonds is 5. The second-order valence-electron chi connectivity index (χ2n) is 4.60. The van der Waals surface area contributed by atoms with Crippen LogP contribution < -0.4 is 5.73 Å². The van der Waals surface area contributed by atoms with Crippen LogP contribution in [0.3, 0.4) is 0 Å². The molecule has 7 heteroatoms. The topological polar surface area (TPSA) is 101 Å². The summed E-state index contributed by atoms with van der Waals surface area (Å²) in [5.74, 6) is -0.745. The second-order valence-corrected chi connectivity index (χ2v) is 6.69. The smallest absolute Gasteiger partial charge is 0.303 e. The van der Waals surface area contributed by atoms with Gasteiger partial charge in [0.2, 0.25) is 10.0 Å². The van der Waals surface area contributed by atoms with Crippen molar-refractivity contribution in [2.45, 2.75) is 32.2 Å². The molecule has 17 heavy (non-hydrogen) atoms. The van der Waals surface area contributed by atoms with Gasteiger partial charge < -0.3 is 10.8 Å². The first-order valence-electron chi connectivity index (χ1n) is 5.78. The van der Waals surface area contributed by atoms with Gasteiger partial charge in [-0.05, 0) is 18.8 Å². The van der Waals surface area contributed by atoms with E-state index >= 15 is 0 Å². The van der Waals surface area contributed by atoms with E-state index in [0.717, 1.165) is 6.42 Å². The molecule has 1 rings (SSSR count). The van der Waals surface area contributed by atoms with E-state index in [0.29, 0.717) is 19.0 Å². The zero-order valence-electron chi connectivity index (χ0n) is 10.0. The first-order valence-corrected chi connectivity index (χ1v) is 7.39. The van der Waals surface area contributed by atoms with E-state index in [1.54, 1.807) is 0 Å². The maximum Gasteiger partial charge on any atom is 0.303 e. The molecular weight excluding hydrogens is 244 g/mol. The Bertz CT molecular complexity index is 369. The summed E-state index contributed by atoms with van der Waals surface area (Å²) in [6.45, 7) is 2.85. The van der Waals surface area contributed by atoms with E-state index < -0.39 is 16.0 Å². The Labute approximate surface area is 102 Å². The molecular formula is C10H20N2O4S. The van der Waals surface area contributed by atoms with Crippen molar-refractivity contribution in [1.29, 1.82) is 0 Å². The first kappa shape index (κ1) is 14.4. The van der Waals surface area contributed by atoms with Crippen LogP contribution in [-0.4, -0.2) is 48.7 Å². The minimum atomic E-state index is -3.35. The fourth-order valence-corrected chi connectivity index (χ4v) is 3.41. The van der Waals surface area contributed by atoms with E-state index in [4.69, 9.17) is 10.8 Å². The van der Waals surface area contributed by atoms with Gasteiger partial charge in [-0.15, -0.1) is 0 Å². The van der Waals surface area contributed by atoms with Crippen molar-refractivity contribution < 1.29 is 18.3 Å². The highest BCUT2D eigenvalue weighted by atomic mass is 32.2. The van der Waals surface area contributed by atoms with Crippen molar-refractivity contribution in [3.05, 3.63) is 0 Å². The molecule has 1 saturated heterocycles. The summed E-state index contributed by atoms with van der Waals surface area (Å²) in [4.78, 5) is 10.3. The van der Waals surface area contributed by atoms with Crippen molar-refractivity contribution in [2.75, 3.05) is 18.8 Å². The zero-order valence-corrected chi connectivity index (χ0v) is 10.8. The van der Waals surface area contributed by atoms with Gasteiger partial charge in [-0.1, -0.05) is 6.92 Å². The number of carboxylic acids is 1. The second kappa shape index (κ2) is 5.79. The van der Waals surface area contributed by atoms with Crippen molar-refractivity contribution >= 4 is 16.0 Å². The highest BCUT2D eigenvalue weighted by Crippen LogP contribution is 2.18. The predicted molar refractivity (Wildman–Crippen MR) is 64.0 cm³/mol. The molecule has 2 atom stereocenters. The maximum atomic E-state index is 11.9. The van der Waals surface area contributed by atoms with Crippen molar-refractivity contribution in [3.63, 3.8) is 0 Å². The van der Waals surface area contributed by atoms with Crippen LogP contribution in [0.15, 0.2) is 0 Å². The number of aliphatic carboxylic acids is 1. The standard InChI is InChI=1S/C10H20N2O4S/c1-8-4-5-12(7-9(8)11)17(15,16)6-2-3-10(13)14/h8-9H,2-7,11H2,1H3,(H,13,14).